The summed E-state index contributed by atoms with van der Waals surface area (Å²) >= 11 is 0. The fraction of sp³-hybridized carbons (Fsp3) is 1.00. The summed E-state index contributed by atoms with van der Waals surface area (Å²) in [7, 11) is -1.37. The van der Waals surface area contributed by atoms with Crippen molar-refractivity contribution in [3.8, 4) is 0 Å². The molecule has 0 atom stereocenters. The number of hydrogen-bond donors (Lipinski definition) is 0. The van der Waals surface area contributed by atoms with Crippen LogP contribution < -0.4 is 0 Å². The van der Waals surface area contributed by atoms with Gasteiger partial charge >= 0.3 is 98.1 Å². The summed E-state index contributed by atoms with van der Waals surface area (Å²) < 4.78 is 0. The van der Waals surface area contributed by atoms with Crippen molar-refractivity contribution < 1.29 is 0 Å². The van der Waals surface area contributed by atoms with Crippen LogP contribution in [0.25, 0.3) is 0 Å². The Kier molecular flexibility index (Phi) is 4.14. The molecule has 0 unspecified atom stereocenters. The van der Waals surface area contributed by atoms with Gasteiger partial charge in [-0.25, -0.2) is 0 Å². The molecule has 0 heterocycles. The van der Waals surface area contributed by atoms with E-state index >= 15 is 0 Å². The van der Waals surface area contributed by atoms with Gasteiger partial charge in [0, 0.05) is 0 Å². The molecule has 94 valence electrons. The van der Waals surface area contributed by atoms with Gasteiger partial charge in [0.2, 0.25) is 0 Å². The Morgan fingerprint density at radius 2 is 0.800 bits per heavy atom. The van der Waals surface area contributed by atoms with E-state index in [4.69, 9.17) is 0 Å². The average Bonchev–Trinajstić information content (AvgIpc) is 1.76. The number of hydrogen-bond acceptors (Lipinski definition) is 0. The predicted octanol–water partition coefficient (Wildman–Crippen LogP) is 5.15. The third kappa shape index (κ3) is 2.41. The van der Waals surface area contributed by atoms with Crippen LogP contribution in [0.1, 0.15) is 69.2 Å². The van der Waals surface area contributed by atoms with Gasteiger partial charge in [-0.2, -0.15) is 0 Å². The first-order chi connectivity index (χ1) is 6.31. The van der Waals surface area contributed by atoms with E-state index in [0.717, 1.165) is 0 Å². The van der Waals surface area contributed by atoms with Crippen LogP contribution in [0.2, 0.25) is 0 Å². The molecule has 0 N–H and O–H groups in total. The van der Waals surface area contributed by atoms with Crippen molar-refractivity contribution >= 4 is 7.26 Å². The van der Waals surface area contributed by atoms with Gasteiger partial charge in [-0.1, -0.05) is 0 Å². The molecule has 0 radical (unpaired) electrons. The Labute approximate surface area is 98.6 Å². The van der Waals surface area contributed by atoms with E-state index < -0.39 is 7.26 Å². The van der Waals surface area contributed by atoms with Crippen LogP contribution >= 0.6 is 7.26 Å². The average molecular weight is 232 g/mol. The summed E-state index contributed by atoms with van der Waals surface area (Å²) in [5.74, 6) is 0. The minimum atomic E-state index is -1.37. The molecule has 0 nitrogen and oxygen atoms in total. The molecule has 0 aliphatic carbocycles. The second-order valence-electron chi connectivity index (χ2n) is 8.01. The van der Waals surface area contributed by atoms with Crippen molar-refractivity contribution in [1.82, 2.24) is 0 Å². The predicted molar refractivity (Wildman–Crippen MR) is 78.1 cm³/mol. The van der Waals surface area contributed by atoms with Crippen LogP contribution in [0.15, 0.2) is 0 Å². The van der Waals surface area contributed by atoms with Gasteiger partial charge in [-0.3, -0.25) is 0 Å². The molecule has 0 saturated heterocycles. The fourth-order valence-corrected chi connectivity index (χ4v) is 14.9. The van der Waals surface area contributed by atoms with Crippen molar-refractivity contribution in [1.29, 1.82) is 0 Å². The zero-order chi connectivity index (χ0) is 12.7. The van der Waals surface area contributed by atoms with E-state index in [0.29, 0.717) is 15.5 Å². The van der Waals surface area contributed by atoms with Gasteiger partial charge in [-0.05, 0) is 0 Å². The Balaban J connectivity index is 5.78. The Morgan fingerprint density at radius 1 is 0.600 bits per heavy atom. The summed E-state index contributed by atoms with van der Waals surface area (Å²) in [5, 5.41) is 1.41. The van der Waals surface area contributed by atoms with Crippen molar-refractivity contribution in [2.24, 2.45) is 0 Å². The monoisotopic (exact) mass is 232 g/mol. The summed E-state index contributed by atoms with van der Waals surface area (Å²) in [5.41, 5.74) is 0. The quantitative estimate of drug-likeness (QED) is 0.548. The topological polar surface area (TPSA) is 0 Å². The minimum absolute atomic E-state index is 0.470. The van der Waals surface area contributed by atoms with E-state index in [2.05, 4.69) is 69.2 Å². The second-order valence-corrected chi connectivity index (χ2v) is 15.0. The van der Waals surface area contributed by atoms with Gasteiger partial charge < -0.3 is 0 Å². The molecule has 0 aliphatic heterocycles. The molecule has 0 bridgehead atoms. The first kappa shape index (κ1) is 15.4. The van der Waals surface area contributed by atoms with Crippen molar-refractivity contribution in [2.45, 2.75) is 84.7 Å². The van der Waals surface area contributed by atoms with E-state index in [9.17, 15) is 0 Å². The van der Waals surface area contributed by atoms with Gasteiger partial charge in [0.05, 0.1) is 0 Å². The van der Waals surface area contributed by atoms with Crippen LogP contribution in [0.4, 0.5) is 0 Å². The van der Waals surface area contributed by atoms with Crippen molar-refractivity contribution in [3.63, 3.8) is 0 Å². The summed E-state index contributed by atoms with van der Waals surface area (Å²) in [4.78, 5) is 0. The zero-order valence-corrected chi connectivity index (χ0v) is 13.7. The molecule has 0 saturated carbocycles. The molecular weight excluding hydrogens is 199 g/mol. The Morgan fingerprint density at radius 3 is 0.800 bits per heavy atom. The third-order valence-electron chi connectivity index (χ3n) is 4.37. The molecule has 0 aliphatic rings. The molecule has 1 heteroatoms. The van der Waals surface area contributed by atoms with E-state index in [1.807, 2.05) is 0 Å². The molecule has 15 heavy (non-hydrogen) atoms. The molecule has 0 fully saturated rings. The van der Waals surface area contributed by atoms with E-state index in [-0.39, 0.29) is 0 Å². The van der Waals surface area contributed by atoms with E-state index in [1.54, 1.807) is 0 Å². The Bertz CT molecular complexity index is 171. The van der Waals surface area contributed by atoms with Crippen LogP contribution in [0, 0.1) is 0 Å². The summed E-state index contributed by atoms with van der Waals surface area (Å²) in [6, 6.07) is 0. The molecule has 0 aromatic heterocycles. The maximum atomic E-state index is 2.46. The standard InChI is InChI=1S/C14H33P/c1-11-15(12(2,3)4,13(5,6)7)14(8,9)10/h15H,11H2,1-10H3. The number of rotatable bonds is 1. The third-order valence-corrected chi connectivity index (χ3v) is 13.1. The molecule has 0 rings (SSSR count). The zero-order valence-electron chi connectivity index (χ0n) is 12.7. The first-order valence-corrected chi connectivity index (χ1v) is 8.52. The second kappa shape index (κ2) is 4.02. The molecule has 0 spiro atoms. The molecule has 0 amide bonds. The SMILES string of the molecule is CC[PH](C(C)(C)C)(C(C)(C)C)C(C)(C)C. The van der Waals surface area contributed by atoms with Gasteiger partial charge in [0.15, 0.2) is 0 Å². The van der Waals surface area contributed by atoms with Gasteiger partial charge in [0.1, 0.15) is 0 Å². The van der Waals surface area contributed by atoms with E-state index in [1.165, 1.54) is 6.16 Å². The molecule has 0 aromatic rings. The van der Waals surface area contributed by atoms with Crippen LogP contribution in [0.5, 0.6) is 0 Å². The summed E-state index contributed by atoms with van der Waals surface area (Å²) in [6.07, 6.45) is 1.38. The van der Waals surface area contributed by atoms with Gasteiger partial charge in [-0.15, -0.1) is 0 Å². The van der Waals surface area contributed by atoms with Crippen LogP contribution in [-0.2, 0) is 0 Å². The van der Waals surface area contributed by atoms with Crippen LogP contribution in [-0.4, -0.2) is 21.6 Å². The fourth-order valence-electron chi connectivity index (χ4n) is 4.97. The summed E-state index contributed by atoms with van der Waals surface area (Å²) in [6.45, 7) is 24.5. The maximum absolute atomic E-state index is 2.46. The Hall–Kier alpha value is 0.430. The first-order valence-electron chi connectivity index (χ1n) is 6.31. The van der Waals surface area contributed by atoms with Gasteiger partial charge in [0.25, 0.3) is 0 Å². The molecule has 0 aromatic carbocycles. The van der Waals surface area contributed by atoms with Crippen molar-refractivity contribution in [2.75, 3.05) is 6.16 Å². The van der Waals surface area contributed by atoms with Crippen molar-refractivity contribution in [3.05, 3.63) is 0 Å². The molecular formula is C14H33P. The van der Waals surface area contributed by atoms with Crippen LogP contribution in [0.3, 0.4) is 0 Å². The normalized spacial score (nSPS) is 16.7.